The van der Waals surface area contributed by atoms with Crippen molar-refractivity contribution in [3.8, 4) is 5.75 Å². The number of carboxylic acids is 1. The third kappa shape index (κ3) is 4.98. The molecular formula is C18H21NO4. The summed E-state index contributed by atoms with van der Waals surface area (Å²) in [6.07, 6.45) is 3.02. The summed E-state index contributed by atoms with van der Waals surface area (Å²) in [5, 5.41) is 8.62. The highest BCUT2D eigenvalue weighted by Crippen LogP contribution is 2.11. The third-order valence-corrected chi connectivity index (χ3v) is 3.67. The van der Waals surface area contributed by atoms with Gasteiger partial charge in [0.15, 0.2) is 5.75 Å². The van der Waals surface area contributed by atoms with Gasteiger partial charge in [0.05, 0.1) is 0 Å². The van der Waals surface area contributed by atoms with Crippen LogP contribution in [0.25, 0.3) is 0 Å². The van der Waals surface area contributed by atoms with Crippen molar-refractivity contribution in [2.75, 3.05) is 0 Å². The molecule has 0 atom stereocenters. The van der Waals surface area contributed by atoms with E-state index < -0.39 is 5.97 Å². The van der Waals surface area contributed by atoms with Gasteiger partial charge < -0.3 is 14.4 Å². The smallest absolute Gasteiger partial charge is 0.303 e. The fraction of sp³-hybridized carbons (Fsp3) is 0.333. The van der Waals surface area contributed by atoms with Gasteiger partial charge in [-0.15, -0.1) is 0 Å². The normalized spacial score (nSPS) is 10.5. The Balaban J connectivity index is 1.98. The minimum Gasteiger partial charge on any atom is -0.483 e. The van der Waals surface area contributed by atoms with Crippen molar-refractivity contribution in [1.29, 1.82) is 0 Å². The number of carbonyl (C=O) groups is 1. The Morgan fingerprint density at radius 1 is 1.17 bits per heavy atom. The van der Waals surface area contributed by atoms with Gasteiger partial charge in [0.2, 0.25) is 0 Å². The molecule has 122 valence electrons. The maximum Gasteiger partial charge on any atom is 0.303 e. The van der Waals surface area contributed by atoms with Crippen LogP contribution in [-0.4, -0.2) is 15.6 Å². The van der Waals surface area contributed by atoms with Crippen LogP contribution in [0.4, 0.5) is 0 Å². The topological polar surface area (TPSA) is 68.5 Å². The van der Waals surface area contributed by atoms with Crippen LogP contribution in [0.2, 0.25) is 0 Å². The quantitative estimate of drug-likeness (QED) is 0.760. The minimum atomic E-state index is -0.812. The number of ether oxygens (including phenoxy) is 1. The molecule has 1 heterocycles. The van der Waals surface area contributed by atoms with Crippen LogP contribution in [0.1, 0.15) is 30.4 Å². The van der Waals surface area contributed by atoms with Gasteiger partial charge in [-0.3, -0.25) is 9.59 Å². The predicted octanol–water partition coefficient (Wildman–Crippen LogP) is 2.99. The van der Waals surface area contributed by atoms with Gasteiger partial charge in [-0.05, 0) is 43.0 Å². The first-order chi connectivity index (χ1) is 11.1. The molecule has 0 spiro atoms. The fourth-order valence-electron chi connectivity index (χ4n) is 2.29. The molecule has 1 aromatic heterocycles. The molecule has 5 heteroatoms. The maximum atomic E-state index is 12.3. The molecule has 0 aliphatic heterocycles. The molecule has 0 aliphatic rings. The van der Waals surface area contributed by atoms with E-state index >= 15 is 0 Å². The van der Waals surface area contributed by atoms with E-state index in [9.17, 15) is 9.59 Å². The highest BCUT2D eigenvalue weighted by molar-refractivity contribution is 5.66. The first-order valence-electron chi connectivity index (χ1n) is 7.66. The van der Waals surface area contributed by atoms with Gasteiger partial charge in [-0.1, -0.05) is 24.3 Å². The number of aliphatic carboxylic acids is 1. The van der Waals surface area contributed by atoms with Crippen molar-refractivity contribution in [1.82, 2.24) is 4.57 Å². The summed E-state index contributed by atoms with van der Waals surface area (Å²) in [5.74, 6) is -0.498. The molecule has 2 aromatic rings. The van der Waals surface area contributed by atoms with Gasteiger partial charge in [-0.25, -0.2) is 0 Å². The van der Waals surface area contributed by atoms with Gasteiger partial charge in [-0.2, -0.15) is 0 Å². The average molecular weight is 315 g/mol. The molecule has 0 bridgehead atoms. The van der Waals surface area contributed by atoms with E-state index in [0.717, 1.165) is 11.1 Å². The van der Waals surface area contributed by atoms with Crippen LogP contribution in [-0.2, 0) is 17.9 Å². The van der Waals surface area contributed by atoms with Gasteiger partial charge >= 0.3 is 5.97 Å². The number of benzene rings is 1. The maximum absolute atomic E-state index is 12.3. The number of carboxylic acid groups (broad SMARTS) is 1. The second-order valence-electron chi connectivity index (χ2n) is 5.44. The number of aromatic nitrogens is 1. The van der Waals surface area contributed by atoms with E-state index in [1.807, 2.05) is 31.2 Å². The molecule has 0 saturated heterocycles. The minimum absolute atomic E-state index is 0.123. The number of hydrogen-bond acceptors (Lipinski definition) is 3. The second kappa shape index (κ2) is 8.17. The monoisotopic (exact) mass is 315 g/mol. The van der Waals surface area contributed by atoms with E-state index in [1.165, 1.54) is 0 Å². The number of rotatable bonds is 8. The fourth-order valence-corrected chi connectivity index (χ4v) is 2.29. The lowest BCUT2D eigenvalue weighted by atomic mass is 10.1. The zero-order valence-electron chi connectivity index (χ0n) is 13.2. The van der Waals surface area contributed by atoms with Crippen LogP contribution in [0, 0.1) is 6.92 Å². The Morgan fingerprint density at radius 2 is 1.96 bits per heavy atom. The van der Waals surface area contributed by atoms with Gasteiger partial charge in [0.25, 0.3) is 5.56 Å². The van der Waals surface area contributed by atoms with Crippen LogP contribution in [0.15, 0.2) is 47.4 Å². The molecule has 0 unspecified atom stereocenters. The Hall–Kier alpha value is -2.56. The first kappa shape index (κ1) is 16.8. The third-order valence-electron chi connectivity index (χ3n) is 3.67. The van der Waals surface area contributed by atoms with Gasteiger partial charge in [0.1, 0.15) is 6.61 Å². The molecular weight excluding hydrogens is 294 g/mol. The number of nitrogens with zero attached hydrogens (tertiary/aromatic N) is 1. The zero-order valence-corrected chi connectivity index (χ0v) is 13.2. The summed E-state index contributed by atoms with van der Waals surface area (Å²) in [5.41, 5.74) is 1.98. The summed E-state index contributed by atoms with van der Waals surface area (Å²) >= 11 is 0. The number of hydrogen-bond donors (Lipinski definition) is 1. The zero-order chi connectivity index (χ0) is 16.7. The van der Waals surface area contributed by atoms with Crippen molar-refractivity contribution in [2.45, 2.75) is 39.3 Å². The predicted molar refractivity (Wildman–Crippen MR) is 87.7 cm³/mol. The van der Waals surface area contributed by atoms with Crippen molar-refractivity contribution in [3.05, 3.63) is 64.1 Å². The number of pyridine rings is 1. The summed E-state index contributed by atoms with van der Waals surface area (Å²) in [7, 11) is 0. The molecule has 0 radical (unpaired) electrons. The van der Waals surface area contributed by atoms with Gasteiger partial charge in [0, 0.05) is 19.2 Å². The van der Waals surface area contributed by atoms with E-state index in [1.54, 1.807) is 22.9 Å². The lowest BCUT2D eigenvalue weighted by Crippen LogP contribution is -2.21. The Kier molecular flexibility index (Phi) is 5.97. The highest BCUT2D eigenvalue weighted by Gasteiger charge is 2.06. The number of unbranched alkanes of at least 4 members (excludes halogenated alkanes) is 1. The standard InChI is InChI=1S/C18H21NO4/c1-14-7-2-3-8-15(14)13-23-16-9-6-12-19(18(16)22)11-5-4-10-17(20)21/h2-3,6-9,12H,4-5,10-11,13H2,1H3,(H,20,21). The van der Waals surface area contributed by atoms with Crippen molar-refractivity contribution >= 4 is 5.97 Å². The van der Waals surface area contributed by atoms with E-state index in [0.29, 0.717) is 31.7 Å². The van der Waals surface area contributed by atoms with Crippen molar-refractivity contribution in [3.63, 3.8) is 0 Å². The van der Waals surface area contributed by atoms with Crippen molar-refractivity contribution in [2.24, 2.45) is 0 Å². The Bertz CT molecular complexity index is 721. The molecule has 1 N–H and O–H groups in total. The van der Waals surface area contributed by atoms with E-state index in [4.69, 9.17) is 9.84 Å². The SMILES string of the molecule is Cc1ccccc1COc1cccn(CCCCC(=O)O)c1=O. The molecule has 0 amide bonds. The first-order valence-corrected chi connectivity index (χ1v) is 7.66. The average Bonchev–Trinajstić information content (AvgIpc) is 2.53. The highest BCUT2D eigenvalue weighted by atomic mass is 16.5. The Morgan fingerprint density at radius 3 is 2.70 bits per heavy atom. The van der Waals surface area contributed by atoms with Crippen LogP contribution < -0.4 is 10.3 Å². The van der Waals surface area contributed by atoms with Crippen LogP contribution in [0.5, 0.6) is 5.75 Å². The summed E-state index contributed by atoms with van der Waals surface area (Å²) in [4.78, 5) is 22.8. The van der Waals surface area contributed by atoms with E-state index in [2.05, 4.69) is 0 Å². The summed E-state index contributed by atoms with van der Waals surface area (Å²) in [6.45, 7) is 2.85. The molecule has 0 saturated carbocycles. The van der Waals surface area contributed by atoms with Crippen molar-refractivity contribution < 1.29 is 14.6 Å². The number of aryl methyl sites for hydroxylation is 2. The van der Waals surface area contributed by atoms with Crippen LogP contribution >= 0.6 is 0 Å². The largest absolute Gasteiger partial charge is 0.483 e. The van der Waals surface area contributed by atoms with E-state index in [-0.39, 0.29) is 12.0 Å². The molecule has 0 fully saturated rings. The molecule has 1 aromatic carbocycles. The molecule has 5 nitrogen and oxygen atoms in total. The molecule has 0 aliphatic carbocycles. The lowest BCUT2D eigenvalue weighted by Gasteiger charge is -2.10. The van der Waals surface area contributed by atoms with Crippen LogP contribution in [0.3, 0.4) is 0 Å². The molecule has 2 rings (SSSR count). The summed E-state index contributed by atoms with van der Waals surface area (Å²) in [6, 6.07) is 11.3. The summed E-state index contributed by atoms with van der Waals surface area (Å²) < 4.78 is 7.23. The molecule has 23 heavy (non-hydrogen) atoms. The Labute approximate surface area is 135 Å². The lowest BCUT2D eigenvalue weighted by molar-refractivity contribution is -0.137. The second-order valence-corrected chi connectivity index (χ2v) is 5.44.